The number of ether oxygens (including phenoxy) is 1. The summed E-state index contributed by atoms with van der Waals surface area (Å²) in [5.74, 6) is 1.72. The van der Waals surface area contributed by atoms with E-state index in [-0.39, 0.29) is 0 Å². The minimum absolute atomic E-state index is 0.460. The van der Waals surface area contributed by atoms with Gasteiger partial charge in [0.2, 0.25) is 0 Å². The third kappa shape index (κ3) is 4.10. The highest BCUT2D eigenvalue weighted by atomic mass is 32.1. The van der Waals surface area contributed by atoms with Gasteiger partial charge in [-0.1, -0.05) is 32.0 Å². The topological polar surface area (TPSA) is 38.5 Å². The quantitative estimate of drug-likeness (QED) is 0.841. The van der Waals surface area contributed by atoms with E-state index in [1.54, 1.807) is 7.11 Å². The van der Waals surface area contributed by atoms with Crippen LogP contribution in [0.5, 0.6) is 5.75 Å². The molecule has 1 aromatic rings. The number of thiocarbonyl (C=S) groups is 1. The smallest absolute Gasteiger partial charge is 0.120 e. The van der Waals surface area contributed by atoms with Crippen molar-refractivity contribution in [3.8, 4) is 5.75 Å². The molecule has 0 aliphatic carbocycles. The van der Waals surface area contributed by atoms with Crippen LogP contribution in [0.1, 0.15) is 44.6 Å². The van der Waals surface area contributed by atoms with Crippen LogP contribution in [0.25, 0.3) is 0 Å². The Morgan fingerprint density at radius 2 is 2.19 bits per heavy atom. The third-order valence-electron chi connectivity index (χ3n) is 4.36. The van der Waals surface area contributed by atoms with Crippen LogP contribution in [-0.2, 0) is 0 Å². The molecule has 0 aromatic heterocycles. The molecule has 1 aliphatic rings. The maximum Gasteiger partial charge on any atom is 0.120 e. The molecular formula is C17H26N2OS. The lowest BCUT2D eigenvalue weighted by Crippen LogP contribution is -2.27. The summed E-state index contributed by atoms with van der Waals surface area (Å²) in [4.78, 5) is 2.88. The molecule has 1 fully saturated rings. The number of methoxy groups -OCH3 is 1. The third-order valence-corrected chi connectivity index (χ3v) is 4.58. The molecule has 1 aliphatic heterocycles. The van der Waals surface area contributed by atoms with Gasteiger partial charge in [-0.25, -0.2) is 0 Å². The Morgan fingerprint density at radius 3 is 2.86 bits per heavy atom. The van der Waals surface area contributed by atoms with E-state index in [1.807, 2.05) is 12.1 Å². The molecule has 0 radical (unpaired) electrons. The predicted octanol–water partition coefficient (Wildman–Crippen LogP) is 3.74. The van der Waals surface area contributed by atoms with E-state index in [0.717, 1.165) is 36.0 Å². The first-order chi connectivity index (χ1) is 10.2. The Hall–Kier alpha value is -1.29. The molecule has 2 N–H and O–H groups in total. The van der Waals surface area contributed by atoms with Gasteiger partial charge in [-0.05, 0) is 37.3 Å². The highest BCUT2D eigenvalue weighted by molar-refractivity contribution is 7.80. The molecule has 0 amide bonds. The molecule has 21 heavy (non-hydrogen) atoms. The van der Waals surface area contributed by atoms with E-state index in [2.05, 4.69) is 17.9 Å². The van der Waals surface area contributed by atoms with E-state index in [9.17, 15) is 0 Å². The van der Waals surface area contributed by atoms with Gasteiger partial charge in [0.15, 0.2) is 0 Å². The lowest BCUT2D eigenvalue weighted by Gasteiger charge is -2.26. The molecule has 0 saturated carbocycles. The Morgan fingerprint density at radius 1 is 1.38 bits per heavy atom. The van der Waals surface area contributed by atoms with Crippen LogP contribution in [-0.4, -0.2) is 25.2 Å². The molecule has 4 heteroatoms. The van der Waals surface area contributed by atoms with E-state index < -0.39 is 0 Å². The van der Waals surface area contributed by atoms with Crippen molar-refractivity contribution in [3.63, 3.8) is 0 Å². The second-order valence-electron chi connectivity index (χ2n) is 5.82. The van der Waals surface area contributed by atoms with Gasteiger partial charge in [0.1, 0.15) is 10.7 Å². The Balaban J connectivity index is 2.21. The van der Waals surface area contributed by atoms with Crippen LogP contribution >= 0.6 is 12.2 Å². The summed E-state index contributed by atoms with van der Waals surface area (Å²) in [6.45, 7) is 4.42. The van der Waals surface area contributed by atoms with Crippen molar-refractivity contribution in [1.82, 2.24) is 0 Å². The minimum Gasteiger partial charge on any atom is -0.497 e. The van der Waals surface area contributed by atoms with Crippen LogP contribution < -0.4 is 15.4 Å². The van der Waals surface area contributed by atoms with Gasteiger partial charge in [0, 0.05) is 24.7 Å². The van der Waals surface area contributed by atoms with Gasteiger partial charge in [-0.2, -0.15) is 0 Å². The summed E-state index contributed by atoms with van der Waals surface area (Å²) in [7, 11) is 1.69. The normalized spacial score (nSPS) is 19.1. The van der Waals surface area contributed by atoms with Crippen molar-refractivity contribution in [2.75, 3.05) is 25.1 Å². The second kappa shape index (κ2) is 7.64. The highest BCUT2D eigenvalue weighted by Crippen LogP contribution is 2.30. The number of rotatable bonds is 5. The van der Waals surface area contributed by atoms with Crippen molar-refractivity contribution in [3.05, 3.63) is 23.8 Å². The van der Waals surface area contributed by atoms with Crippen LogP contribution in [0.2, 0.25) is 0 Å². The number of nitrogens with two attached hydrogens (primary N) is 1. The summed E-state index contributed by atoms with van der Waals surface area (Å²) in [5, 5.41) is 0. The average molecular weight is 306 g/mol. The van der Waals surface area contributed by atoms with Gasteiger partial charge in [0.25, 0.3) is 0 Å². The van der Waals surface area contributed by atoms with Gasteiger partial charge >= 0.3 is 0 Å². The second-order valence-corrected chi connectivity index (χ2v) is 6.26. The van der Waals surface area contributed by atoms with E-state index >= 15 is 0 Å². The summed E-state index contributed by atoms with van der Waals surface area (Å²) in [6.07, 6.45) is 6.44. The zero-order valence-corrected chi connectivity index (χ0v) is 13.9. The molecule has 116 valence electrons. The lowest BCUT2D eigenvalue weighted by molar-refractivity contribution is 0.414. The first-order valence-corrected chi connectivity index (χ1v) is 8.29. The SMILES string of the molecule is CCCC1CCCN(c2cc(OC)ccc2C(N)=S)CC1. The van der Waals surface area contributed by atoms with Crippen LogP contribution in [0.3, 0.4) is 0 Å². The first-order valence-electron chi connectivity index (χ1n) is 7.88. The summed E-state index contributed by atoms with van der Waals surface area (Å²) in [6, 6.07) is 5.97. The van der Waals surface area contributed by atoms with Crippen molar-refractivity contribution in [2.45, 2.75) is 39.0 Å². The molecule has 3 nitrogen and oxygen atoms in total. The van der Waals surface area contributed by atoms with Gasteiger partial charge in [-0.3, -0.25) is 0 Å². The molecule has 2 rings (SSSR count). The molecule has 1 aromatic carbocycles. The molecular weight excluding hydrogens is 280 g/mol. The monoisotopic (exact) mass is 306 g/mol. The zero-order valence-electron chi connectivity index (χ0n) is 13.1. The standard InChI is InChI=1S/C17H26N2OS/c1-3-5-13-6-4-10-19(11-9-13)16-12-14(20-2)7-8-15(16)17(18)21/h7-8,12-13H,3-6,9-11H2,1-2H3,(H2,18,21). The number of benzene rings is 1. The summed E-state index contributed by atoms with van der Waals surface area (Å²) >= 11 is 5.21. The van der Waals surface area contributed by atoms with E-state index in [0.29, 0.717) is 4.99 Å². The number of hydrogen-bond donors (Lipinski definition) is 1. The summed E-state index contributed by atoms with van der Waals surface area (Å²) in [5.41, 5.74) is 7.97. The van der Waals surface area contributed by atoms with E-state index in [4.69, 9.17) is 22.7 Å². The number of nitrogens with zero attached hydrogens (tertiary/aromatic N) is 1. The van der Waals surface area contributed by atoms with Crippen molar-refractivity contribution < 1.29 is 4.74 Å². The van der Waals surface area contributed by atoms with E-state index in [1.165, 1.54) is 32.1 Å². The molecule has 1 unspecified atom stereocenters. The van der Waals surface area contributed by atoms with Crippen molar-refractivity contribution in [2.24, 2.45) is 11.7 Å². The molecule has 1 heterocycles. The van der Waals surface area contributed by atoms with Crippen LogP contribution in [0.4, 0.5) is 5.69 Å². The zero-order chi connectivity index (χ0) is 15.2. The Kier molecular flexibility index (Phi) is 5.85. The fraction of sp³-hybridized carbons (Fsp3) is 0.588. The largest absolute Gasteiger partial charge is 0.497 e. The van der Waals surface area contributed by atoms with Crippen LogP contribution in [0, 0.1) is 5.92 Å². The average Bonchev–Trinajstić information content (AvgIpc) is 2.72. The number of hydrogen-bond acceptors (Lipinski definition) is 3. The minimum atomic E-state index is 0.460. The van der Waals surface area contributed by atoms with Crippen molar-refractivity contribution >= 4 is 22.9 Å². The molecule has 0 bridgehead atoms. The van der Waals surface area contributed by atoms with Gasteiger partial charge in [0.05, 0.1) is 12.8 Å². The van der Waals surface area contributed by atoms with Crippen LogP contribution in [0.15, 0.2) is 18.2 Å². The Labute approximate surface area is 133 Å². The molecule has 1 saturated heterocycles. The Bertz CT molecular complexity index is 490. The number of anilines is 1. The first kappa shape index (κ1) is 16.1. The maximum atomic E-state index is 5.89. The van der Waals surface area contributed by atoms with Gasteiger partial charge < -0.3 is 15.4 Å². The highest BCUT2D eigenvalue weighted by Gasteiger charge is 2.19. The molecule has 1 atom stereocenters. The lowest BCUT2D eigenvalue weighted by atomic mass is 9.96. The summed E-state index contributed by atoms with van der Waals surface area (Å²) < 4.78 is 5.36. The van der Waals surface area contributed by atoms with Gasteiger partial charge in [-0.15, -0.1) is 0 Å². The fourth-order valence-corrected chi connectivity index (χ4v) is 3.38. The fourth-order valence-electron chi connectivity index (χ4n) is 3.21. The van der Waals surface area contributed by atoms with Crippen molar-refractivity contribution in [1.29, 1.82) is 0 Å². The molecule has 0 spiro atoms. The maximum absolute atomic E-state index is 5.89. The predicted molar refractivity (Wildman–Crippen MR) is 93.3 cm³/mol.